The van der Waals surface area contributed by atoms with Crippen LogP contribution in [0.3, 0.4) is 0 Å². The fraction of sp³-hybridized carbons (Fsp3) is 0.0857. The number of aromatic hydroxyl groups is 1. The lowest BCUT2D eigenvalue weighted by Crippen LogP contribution is -2.18. The summed E-state index contributed by atoms with van der Waals surface area (Å²) in [5.41, 5.74) is 6.43. The maximum atomic E-state index is 13.3. The number of carbonyl (C=O) groups is 1. The first kappa shape index (κ1) is 29.4. The van der Waals surface area contributed by atoms with E-state index in [2.05, 4.69) is 26.5 Å². The fourth-order valence-electron chi connectivity index (χ4n) is 4.10. The summed E-state index contributed by atoms with van der Waals surface area (Å²) in [4.78, 5) is 13.3. The van der Waals surface area contributed by atoms with E-state index in [1.54, 1.807) is 24.3 Å². The highest BCUT2D eigenvalue weighted by Crippen LogP contribution is 2.40. The first-order chi connectivity index (χ1) is 21.0. The van der Waals surface area contributed by atoms with E-state index >= 15 is 0 Å². The normalized spacial score (nSPS) is 10.8. The molecule has 5 rings (SSSR count). The van der Waals surface area contributed by atoms with Crippen LogP contribution in [0.2, 0.25) is 0 Å². The van der Waals surface area contributed by atoms with E-state index < -0.39 is 5.91 Å². The van der Waals surface area contributed by atoms with E-state index in [4.69, 9.17) is 14.2 Å². The molecule has 8 heteroatoms. The first-order valence-electron chi connectivity index (χ1n) is 13.6. The second kappa shape index (κ2) is 14.7. The number of nitrogens with one attached hydrogen (secondary N) is 1. The second-order valence-corrected chi connectivity index (χ2v) is 10.4. The van der Waals surface area contributed by atoms with Crippen LogP contribution in [0, 0.1) is 0 Å². The Labute approximate surface area is 258 Å². The zero-order chi connectivity index (χ0) is 29.9. The largest absolute Gasteiger partial charge is 0.507 e. The van der Waals surface area contributed by atoms with Crippen LogP contribution in [-0.2, 0) is 19.8 Å². The third kappa shape index (κ3) is 8.47. The molecule has 0 atom stereocenters. The molecule has 0 saturated carbocycles. The lowest BCUT2D eigenvalue weighted by molar-refractivity contribution is 0.0953. The monoisotopic (exact) mass is 636 g/mol. The topological polar surface area (TPSA) is 89.4 Å². The standard InChI is InChI=1S/C35H29BrN2O5/c36-30-18-28(16-17-31(30)39)21-37-38-35(40)29-19-32(41-22-25-10-4-1-5-11-25)34(43-24-27-14-8-3-9-15-27)33(20-29)42-23-26-12-6-2-7-13-26/h1-21,39H,22-24H2,(H,38,40)/b37-21-. The van der Waals surface area contributed by atoms with Crippen LogP contribution in [0.5, 0.6) is 23.0 Å². The molecule has 2 N–H and O–H groups in total. The minimum Gasteiger partial charge on any atom is -0.507 e. The highest BCUT2D eigenvalue weighted by atomic mass is 79.9. The van der Waals surface area contributed by atoms with Crippen LogP contribution in [0.25, 0.3) is 0 Å². The third-order valence-electron chi connectivity index (χ3n) is 6.33. The first-order valence-corrected chi connectivity index (χ1v) is 14.3. The number of nitrogens with zero attached hydrogens (tertiary/aromatic N) is 1. The van der Waals surface area contributed by atoms with E-state index in [0.29, 0.717) is 27.3 Å². The van der Waals surface area contributed by atoms with Crippen LogP contribution in [0.15, 0.2) is 131 Å². The molecule has 5 aromatic rings. The molecule has 0 bridgehead atoms. The number of carbonyl (C=O) groups excluding carboxylic acids is 1. The van der Waals surface area contributed by atoms with Crippen molar-refractivity contribution in [2.45, 2.75) is 19.8 Å². The van der Waals surface area contributed by atoms with Crippen LogP contribution in [0.4, 0.5) is 0 Å². The third-order valence-corrected chi connectivity index (χ3v) is 6.97. The highest BCUT2D eigenvalue weighted by molar-refractivity contribution is 9.10. The van der Waals surface area contributed by atoms with Gasteiger partial charge in [0.05, 0.1) is 10.7 Å². The van der Waals surface area contributed by atoms with Gasteiger partial charge in [-0.2, -0.15) is 5.10 Å². The fourth-order valence-corrected chi connectivity index (χ4v) is 4.49. The molecule has 0 fully saturated rings. The Bertz CT molecular complexity index is 1620. The summed E-state index contributed by atoms with van der Waals surface area (Å²) in [6.07, 6.45) is 1.49. The molecule has 0 aliphatic heterocycles. The van der Waals surface area contributed by atoms with Crippen LogP contribution in [0.1, 0.15) is 32.6 Å². The quantitative estimate of drug-likeness (QED) is 0.108. The molecule has 43 heavy (non-hydrogen) atoms. The molecule has 0 aliphatic carbocycles. The number of hydrogen-bond acceptors (Lipinski definition) is 6. The Balaban J connectivity index is 1.45. The molecule has 0 aliphatic rings. The van der Waals surface area contributed by atoms with Gasteiger partial charge in [0.2, 0.25) is 5.75 Å². The van der Waals surface area contributed by atoms with E-state index in [1.165, 1.54) is 12.3 Å². The number of halogens is 1. The van der Waals surface area contributed by atoms with E-state index in [1.807, 2.05) is 91.0 Å². The van der Waals surface area contributed by atoms with Crippen molar-refractivity contribution in [3.05, 3.63) is 154 Å². The van der Waals surface area contributed by atoms with Gasteiger partial charge in [-0.05, 0) is 68.5 Å². The molecule has 0 saturated heterocycles. The van der Waals surface area contributed by atoms with Crippen molar-refractivity contribution in [3.63, 3.8) is 0 Å². The zero-order valence-corrected chi connectivity index (χ0v) is 24.7. The maximum absolute atomic E-state index is 13.3. The Kier molecular flexibility index (Phi) is 10.1. The van der Waals surface area contributed by atoms with Gasteiger partial charge in [0.25, 0.3) is 5.91 Å². The summed E-state index contributed by atoms with van der Waals surface area (Å²) in [6.45, 7) is 0.807. The molecular formula is C35H29BrN2O5. The Morgan fingerprint density at radius 1 is 0.698 bits per heavy atom. The molecule has 7 nitrogen and oxygen atoms in total. The molecule has 0 aromatic heterocycles. The van der Waals surface area contributed by atoms with Gasteiger partial charge >= 0.3 is 0 Å². The van der Waals surface area contributed by atoms with Crippen molar-refractivity contribution in [3.8, 4) is 23.0 Å². The molecule has 216 valence electrons. The molecule has 0 spiro atoms. The van der Waals surface area contributed by atoms with Gasteiger partial charge in [-0.25, -0.2) is 5.43 Å². The number of hydrazone groups is 1. The molecule has 0 radical (unpaired) electrons. The summed E-state index contributed by atoms with van der Waals surface area (Å²) in [7, 11) is 0. The van der Waals surface area contributed by atoms with Crippen molar-refractivity contribution in [2.24, 2.45) is 5.10 Å². The number of ether oxygens (including phenoxy) is 3. The van der Waals surface area contributed by atoms with Gasteiger partial charge in [0.1, 0.15) is 25.6 Å². The van der Waals surface area contributed by atoms with E-state index in [-0.39, 0.29) is 31.1 Å². The Morgan fingerprint density at radius 3 is 1.67 bits per heavy atom. The minimum absolute atomic E-state index is 0.113. The number of amides is 1. The van der Waals surface area contributed by atoms with Crippen molar-refractivity contribution < 1.29 is 24.1 Å². The molecule has 0 unspecified atom stereocenters. The van der Waals surface area contributed by atoms with Crippen molar-refractivity contribution >= 4 is 28.1 Å². The summed E-state index contributed by atoms with van der Waals surface area (Å²) in [5.74, 6) is 0.772. The highest BCUT2D eigenvalue weighted by Gasteiger charge is 2.20. The average Bonchev–Trinajstić information content (AvgIpc) is 3.05. The summed E-state index contributed by atoms with van der Waals surface area (Å²) in [5, 5.41) is 13.8. The molecular weight excluding hydrogens is 608 g/mol. The maximum Gasteiger partial charge on any atom is 0.271 e. The lowest BCUT2D eigenvalue weighted by atomic mass is 10.1. The van der Waals surface area contributed by atoms with Gasteiger partial charge in [-0.3, -0.25) is 4.79 Å². The average molecular weight is 638 g/mol. The SMILES string of the molecule is O=C(N/N=C\c1ccc(O)c(Br)c1)c1cc(OCc2ccccc2)c(OCc2ccccc2)c(OCc2ccccc2)c1. The summed E-state index contributed by atoms with van der Waals surface area (Å²) < 4.78 is 19.3. The van der Waals surface area contributed by atoms with Gasteiger partial charge in [0.15, 0.2) is 11.5 Å². The summed E-state index contributed by atoms with van der Waals surface area (Å²) >= 11 is 3.28. The van der Waals surface area contributed by atoms with Gasteiger partial charge in [0, 0.05) is 5.56 Å². The molecule has 5 aromatic carbocycles. The van der Waals surface area contributed by atoms with Gasteiger partial charge < -0.3 is 19.3 Å². The Morgan fingerprint density at radius 2 is 1.19 bits per heavy atom. The number of benzene rings is 5. The predicted octanol–water partition coefficient (Wildman–Crippen LogP) is 7.66. The second-order valence-electron chi connectivity index (χ2n) is 9.53. The summed E-state index contributed by atoms with van der Waals surface area (Å²) in [6, 6.07) is 37.4. The van der Waals surface area contributed by atoms with Gasteiger partial charge in [-0.15, -0.1) is 0 Å². The molecule has 1 amide bonds. The Hall–Kier alpha value is -5.08. The predicted molar refractivity (Wildman–Crippen MR) is 170 cm³/mol. The van der Waals surface area contributed by atoms with Crippen LogP contribution >= 0.6 is 15.9 Å². The van der Waals surface area contributed by atoms with Gasteiger partial charge in [-0.1, -0.05) is 91.0 Å². The van der Waals surface area contributed by atoms with Crippen LogP contribution < -0.4 is 19.6 Å². The molecule has 0 heterocycles. The number of hydrogen-bond donors (Lipinski definition) is 2. The number of rotatable bonds is 12. The van der Waals surface area contributed by atoms with Crippen molar-refractivity contribution in [1.82, 2.24) is 5.43 Å². The number of phenols is 1. The van der Waals surface area contributed by atoms with Crippen molar-refractivity contribution in [1.29, 1.82) is 0 Å². The van der Waals surface area contributed by atoms with Crippen LogP contribution in [-0.4, -0.2) is 17.2 Å². The minimum atomic E-state index is -0.460. The zero-order valence-electron chi connectivity index (χ0n) is 23.2. The van der Waals surface area contributed by atoms with E-state index in [0.717, 1.165) is 16.7 Å². The van der Waals surface area contributed by atoms with E-state index in [9.17, 15) is 9.90 Å². The lowest BCUT2D eigenvalue weighted by Gasteiger charge is -2.19. The smallest absolute Gasteiger partial charge is 0.271 e. The van der Waals surface area contributed by atoms with Crippen molar-refractivity contribution in [2.75, 3.05) is 0 Å². The number of phenolic OH excluding ortho intramolecular Hbond substituents is 1.